The van der Waals surface area contributed by atoms with E-state index in [2.05, 4.69) is 42.9 Å². The lowest BCUT2D eigenvalue weighted by molar-refractivity contribution is -0.365. The van der Waals surface area contributed by atoms with Crippen LogP contribution in [-0.4, -0.2) is 4.98 Å². The van der Waals surface area contributed by atoms with Crippen LogP contribution < -0.4 is 4.98 Å². The van der Waals surface area contributed by atoms with Crippen molar-refractivity contribution >= 4 is 11.0 Å². The lowest BCUT2D eigenvalue weighted by Gasteiger charge is -2.08. The van der Waals surface area contributed by atoms with Crippen molar-refractivity contribution in [2.45, 2.75) is 26.2 Å². The lowest BCUT2D eigenvalue weighted by atomic mass is 9.96. The van der Waals surface area contributed by atoms with E-state index >= 15 is 0 Å². The van der Waals surface area contributed by atoms with E-state index in [0.29, 0.717) is 0 Å². The number of hydrogen-bond donors (Lipinski definition) is 1. The molecule has 2 rings (SSSR count). The minimum Gasteiger partial charge on any atom is -0.240 e. The van der Waals surface area contributed by atoms with Crippen LogP contribution in [0, 0.1) is 0 Å². The van der Waals surface area contributed by atoms with Crippen LogP contribution in [0.4, 0.5) is 0 Å². The summed E-state index contributed by atoms with van der Waals surface area (Å²) in [4.78, 5) is 6.76. The summed E-state index contributed by atoms with van der Waals surface area (Å²) < 4.78 is 0. The molecule has 0 atom stereocenters. The molecule has 2 nitrogen and oxygen atoms in total. The Bertz CT molecular complexity index is 388. The quantitative estimate of drug-likeness (QED) is 0.636. The Morgan fingerprint density at radius 1 is 1.15 bits per heavy atom. The van der Waals surface area contributed by atoms with E-state index in [4.69, 9.17) is 0 Å². The topological polar surface area (TPSA) is 29.9 Å². The molecule has 0 unspecified atom stereocenters. The number of imidazole rings is 1. The SMILES string of the molecule is CC(C)(C)c1[nH]c2ccccc2[nH+]1. The van der Waals surface area contributed by atoms with Gasteiger partial charge in [-0.25, -0.2) is 9.97 Å². The van der Waals surface area contributed by atoms with Gasteiger partial charge in [0.25, 0.3) is 5.82 Å². The van der Waals surface area contributed by atoms with Crippen molar-refractivity contribution in [3.05, 3.63) is 30.1 Å². The van der Waals surface area contributed by atoms with Crippen LogP contribution in [0.25, 0.3) is 11.0 Å². The number of fused-ring (bicyclic) bond motifs is 1. The molecule has 0 radical (unpaired) electrons. The first-order valence-corrected chi connectivity index (χ1v) is 4.58. The van der Waals surface area contributed by atoms with Gasteiger partial charge in [0.15, 0.2) is 11.0 Å². The molecular weight excluding hydrogens is 160 g/mol. The second-order valence-electron chi connectivity index (χ2n) is 4.42. The van der Waals surface area contributed by atoms with Crippen molar-refractivity contribution in [3.63, 3.8) is 0 Å². The third-order valence-electron chi connectivity index (χ3n) is 2.20. The minimum absolute atomic E-state index is 0.152. The third-order valence-corrected chi connectivity index (χ3v) is 2.20. The Balaban J connectivity index is 2.63. The Kier molecular flexibility index (Phi) is 1.65. The molecule has 68 valence electrons. The summed E-state index contributed by atoms with van der Waals surface area (Å²) in [5, 5.41) is 0. The Hall–Kier alpha value is -1.31. The fourth-order valence-corrected chi connectivity index (χ4v) is 1.38. The third kappa shape index (κ3) is 1.44. The van der Waals surface area contributed by atoms with Gasteiger partial charge in [-0.05, 0) is 32.9 Å². The zero-order valence-corrected chi connectivity index (χ0v) is 8.31. The summed E-state index contributed by atoms with van der Waals surface area (Å²) in [6.07, 6.45) is 0. The van der Waals surface area contributed by atoms with E-state index in [1.807, 2.05) is 12.1 Å². The lowest BCUT2D eigenvalue weighted by Crippen LogP contribution is -2.22. The Morgan fingerprint density at radius 2 is 1.85 bits per heavy atom. The predicted octanol–water partition coefficient (Wildman–Crippen LogP) is 2.28. The van der Waals surface area contributed by atoms with Gasteiger partial charge in [0.05, 0.1) is 5.41 Å². The molecule has 2 heteroatoms. The number of hydrogen-bond acceptors (Lipinski definition) is 0. The average molecular weight is 175 g/mol. The zero-order valence-electron chi connectivity index (χ0n) is 8.31. The molecule has 1 aromatic heterocycles. The monoisotopic (exact) mass is 175 g/mol. The summed E-state index contributed by atoms with van der Waals surface area (Å²) >= 11 is 0. The fraction of sp³-hybridized carbons (Fsp3) is 0.364. The van der Waals surface area contributed by atoms with Gasteiger partial charge < -0.3 is 0 Å². The average Bonchev–Trinajstić information content (AvgIpc) is 2.45. The van der Waals surface area contributed by atoms with Crippen molar-refractivity contribution in [1.29, 1.82) is 0 Å². The van der Waals surface area contributed by atoms with Crippen LogP contribution in [-0.2, 0) is 5.41 Å². The molecule has 0 amide bonds. The highest BCUT2D eigenvalue weighted by Crippen LogP contribution is 2.18. The van der Waals surface area contributed by atoms with Gasteiger partial charge in [0.2, 0.25) is 0 Å². The molecule has 0 bridgehead atoms. The maximum absolute atomic E-state index is 3.38. The van der Waals surface area contributed by atoms with E-state index in [0.717, 1.165) is 0 Å². The highest BCUT2D eigenvalue weighted by atomic mass is 14.9. The summed E-state index contributed by atoms with van der Waals surface area (Å²) in [6, 6.07) is 8.25. The van der Waals surface area contributed by atoms with Crippen LogP contribution in [0.2, 0.25) is 0 Å². The first-order chi connectivity index (χ1) is 6.07. The number of aromatic nitrogens is 2. The molecule has 0 aliphatic heterocycles. The van der Waals surface area contributed by atoms with Crippen LogP contribution in [0.15, 0.2) is 24.3 Å². The number of para-hydroxylation sites is 2. The summed E-state index contributed by atoms with van der Waals surface area (Å²) in [5.74, 6) is 1.17. The summed E-state index contributed by atoms with van der Waals surface area (Å²) in [7, 11) is 0. The number of nitrogens with one attached hydrogen (secondary N) is 2. The Labute approximate surface area is 78.0 Å². The Morgan fingerprint density at radius 3 is 2.46 bits per heavy atom. The maximum Gasteiger partial charge on any atom is 0.258 e. The smallest absolute Gasteiger partial charge is 0.240 e. The highest BCUT2D eigenvalue weighted by Gasteiger charge is 2.23. The molecule has 0 saturated carbocycles. The molecule has 1 heterocycles. The molecule has 2 aromatic rings. The molecule has 0 saturated heterocycles. The molecular formula is C11H15N2+. The number of rotatable bonds is 0. The normalized spacial score (nSPS) is 12.2. The molecule has 0 spiro atoms. The van der Waals surface area contributed by atoms with Gasteiger partial charge in [-0.15, -0.1) is 0 Å². The number of benzene rings is 1. The predicted molar refractivity (Wildman–Crippen MR) is 53.6 cm³/mol. The van der Waals surface area contributed by atoms with Gasteiger partial charge in [-0.3, -0.25) is 0 Å². The van der Waals surface area contributed by atoms with Gasteiger partial charge >= 0.3 is 0 Å². The van der Waals surface area contributed by atoms with Crippen LogP contribution in [0.1, 0.15) is 26.6 Å². The molecule has 0 fully saturated rings. The molecule has 13 heavy (non-hydrogen) atoms. The van der Waals surface area contributed by atoms with E-state index in [-0.39, 0.29) is 5.41 Å². The van der Waals surface area contributed by atoms with E-state index < -0.39 is 0 Å². The van der Waals surface area contributed by atoms with Crippen molar-refractivity contribution in [2.75, 3.05) is 0 Å². The second kappa shape index (κ2) is 2.59. The van der Waals surface area contributed by atoms with Gasteiger partial charge in [0.1, 0.15) is 0 Å². The van der Waals surface area contributed by atoms with Crippen LogP contribution >= 0.6 is 0 Å². The van der Waals surface area contributed by atoms with Gasteiger partial charge in [-0.1, -0.05) is 12.1 Å². The molecule has 2 N–H and O–H groups in total. The van der Waals surface area contributed by atoms with Crippen LogP contribution in [0.3, 0.4) is 0 Å². The second-order valence-corrected chi connectivity index (χ2v) is 4.42. The first-order valence-electron chi connectivity index (χ1n) is 4.58. The summed E-state index contributed by atoms with van der Waals surface area (Å²) in [6.45, 7) is 6.57. The molecule has 1 aromatic carbocycles. The van der Waals surface area contributed by atoms with Crippen molar-refractivity contribution < 1.29 is 4.98 Å². The van der Waals surface area contributed by atoms with Crippen molar-refractivity contribution in [2.24, 2.45) is 0 Å². The van der Waals surface area contributed by atoms with E-state index in [1.54, 1.807) is 0 Å². The molecule has 0 aliphatic carbocycles. The number of aromatic amines is 2. The van der Waals surface area contributed by atoms with Crippen molar-refractivity contribution in [3.8, 4) is 0 Å². The maximum atomic E-state index is 3.38. The van der Waals surface area contributed by atoms with Crippen molar-refractivity contribution in [1.82, 2.24) is 4.98 Å². The summed E-state index contributed by atoms with van der Waals surface area (Å²) in [5.41, 5.74) is 2.50. The minimum atomic E-state index is 0.152. The van der Waals surface area contributed by atoms with E-state index in [9.17, 15) is 0 Å². The first kappa shape index (κ1) is 8.30. The number of H-pyrrole nitrogens is 2. The fourth-order valence-electron chi connectivity index (χ4n) is 1.38. The molecule has 0 aliphatic rings. The standard InChI is InChI=1S/C11H14N2/c1-11(2,3)10-12-8-6-4-5-7-9(8)13-10/h4-7H,1-3H3,(H,12,13)/p+1. The van der Waals surface area contributed by atoms with Gasteiger partial charge in [0, 0.05) is 0 Å². The largest absolute Gasteiger partial charge is 0.258 e. The van der Waals surface area contributed by atoms with Gasteiger partial charge in [-0.2, -0.15) is 0 Å². The van der Waals surface area contributed by atoms with Crippen LogP contribution in [0.5, 0.6) is 0 Å². The highest BCUT2D eigenvalue weighted by molar-refractivity contribution is 5.70. The van der Waals surface area contributed by atoms with E-state index in [1.165, 1.54) is 16.9 Å². The zero-order chi connectivity index (χ0) is 9.47.